The van der Waals surface area contributed by atoms with E-state index in [1.807, 2.05) is 0 Å². The molecule has 0 saturated carbocycles. The summed E-state index contributed by atoms with van der Waals surface area (Å²) in [6.07, 6.45) is 0.415. The highest BCUT2D eigenvalue weighted by atomic mass is 32.2. The van der Waals surface area contributed by atoms with Crippen LogP contribution in [0.25, 0.3) is 0 Å². The third-order valence-corrected chi connectivity index (χ3v) is 8.62. The number of carbonyl (C=O) groups is 3. The maximum Gasteiger partial charge on any atom is 0.410 e. The molecule has 1 aromatic carbocycles. The van der Waals surface area contributed by atoms with Gasteiger partial charge in [0.05, 0.1) is 24.2 Å². The van der Waals surface area contributed by atoms with Gasteiger partial charge in [-0.05, 0) is 78.6 Å². The molecule has 13 nitrogen and oxygen atoms in total. The molecule has 42 heavy (non-hydrogen) atoms. The van der Waals surface area contributed by atoms with Crippen molar-refractivity contribution in [3.8, 4) is 5.75 Å². The van der Waals surface area contributed by atoms with E-state index in [0.717, 1.165) is 4.31 Å². The van der Waals surface area contributed by atoms with Crippen LogP contribution in [0.1, 0.15) is 60.8 Å². The van der Waals surface area contributed by atoms with Crippen LogP contribution in [0, 0.1) is 0 Å². The molecule has 3 amide bonds. The van der Waals surface area contributed by atoms with Crippen LogP contribution in [0.5, 0.6) is 5.75 Å². The molecule has 2 rings (SSSR count). The van der Waals surface area contributed by atoms with Crippen LogP contribution >= 0.6 is 0 Å². The van der Waals surface area contributed by atoms with E-state index in [-0.39, 0.29) is 36.4 Å². The number of hydrogen-bond acceptors (Lipinski definition) is 9. The molecule has 1 atom stereocenters. The van der Waals surface area contributed by atoms with Crippen molar-refractivity contribution in [2.75, 3.05) is 40.4 Å². The van der Waals surface area contributed by atoms with Gasteiger partial charge in [0.2, 0.25) is 15.9 Å². The third kappa shape index (κ3) is 10.1. The van der Waals surface area contributed by atoms with E-state index in [4.69, 9.17) is 14.2 Å². The van der Waals surface area contributed by atoms with Crippen LogP contribution in [0.15, 0.2) is 29.2 Å². The molecule has 238 valence electrons. The Bertz CT molecular complexity index is 1170. The highest BCUT2D eigenvalue weighted by Gasteiger charge is 2.38. The molecule has 1 fully saturated rings. The number of ether oxygens (including phenoxy) is 3. The molecule has 1 aliphatic rings. The number of carbonyl (C=O) groups excluding carboxylic acids is 3. The van der Waals surface area contributed by atoms with Gasteiger partial charge in [-0.25, -0.2) is 18.7 Å². The molecular formula is C28H46N4O9S. The van der Waals surface area contributed by atoms with E-state index >= 15 is 0 Å². The van der Waals surface area contributed by atoms with Gasteiger partial charge >= 0.3 is 6.09 Å². The predicted octanol–water partition coefficient (Wildman–Crippen LogP) is 2.62. The van der Waals surface area contributed by atoms with Gasteiger partial charge < -0.3 is 24.0 Å². The summed E-state index contributed by atoms with van der Waals surface area (Å²) in [6.45, 7) is 10.7. The maximum absolute atomic E-state index is 13.8. The van der Waals surface area contributed by atoms with Gasteiger partial charge in [0, 0.05) is 39.1 Å². The first kappa shape index (κ1) is 35.3. The smallest absolute Gasteiger partial charge is 0.410 e. The van der Waals surface area contributed by atoms with Crippen molar-refractivity contribution in [2.45, 2.75) is 89.0 Å². The highest BCUT2D eigenvalue weighted by Crippen LogP contribution is 2.24. The van der Waals surface area contributed by atoms with Crippen LogP contribution in [-0.2, 0) is 29.1 Å². The fourth-order valence-electron chi connectivity index (χ4n) is 4.37. The van der Waals surface area contributed by atoms with Gasteiger partial charge in [0.25, 0.3) is 5.91 Å². The van der Waals surface area contributed by atoms with Crippen LogP contribution in [0.4, 0.5) is 4.79 Å². The first-order chi connectivity index (χ1) is 19.4. The molecule has 0 aromatic heterocycles. The lowest BCUT2D eigenvalue weighted by molar-refractivity contribution is -0.138. The van der Waals surface area contributed by atoms with Crippen molar-refractivity contribution >= 4 is 27.9 Å². The number of likely N-dealkylation sites (tertiary alicyclic amines) is 1. The Hall–Kier alpha value is -2.94. The lowest BCUT2D eigenvalue weighted by atomic mass is 10.0. The first-order valence-electron chi connectivity index (χ1n) is 13.9. The molecular weight excluding hydrogens is 568 g/mol. The second-order valence-electron chi connectivity index (χ2n) is 12.2. The molecule has 0 spiro atoms. The Kier molecular flexibility index (Phi) is 12.2. The summed E-state index contributed by atoms with van der Waals surface area (Å²) in [5, 5.41) is 9.44. The topological polar surface area (TPSA) is 155 Å². The summed E-state index contributed by atoms with van der Waals surface area (Å²) in [6, 6.07) is 4.06. The number of nitrogens with zero attached hydrogens (tertiary/aromatic N) is 3. The Labute approximate surface area is 249 Å². The Balaban J connectivity index is 2.21. The number of nitrogens with one attached hydrogen (secondary N) is 1. The summed E-state index contributed by atoms with van der Waals surface area (Å²) in [4.78, 5) is 41.5. The van der Waals surface area contributed by atoms with Crippen molar-refractivity contribution in [1.29, 1.82) is 0 Å². The second-order valence-corrected chi connectivity index (χ2v) is 14.1. The minimum absolute atomic E-state index is 0.108. The van der Waals surface area contributed by atoms with E-state index in [0.29, 0.717) is 31.7 Å². The zero-order chi connectivity index (χ0) is 31.9. The standard InChI is InChI=1S/C28H46N4O9S/c1-27(2,3)40-19-23(25(34)29-36)32(42(37,38)22-11-9-21(39-8)10-12-22)18-15-24(33)31-16-13-20(14-17-31)30(7)26(35)41-28(4,5)6/h9-12,20,23,36H,13-19H2,1-8H3,(H,29,34). The van der Waals surface area contributed by atoms with Gasteiger partial charge in [0.15, 0.2) is 0 Å². The van der Waals surface area contributed by atoms with Crippen LogP contribution in [0.2, 0.25) is 0 Å². The molecule has 0 aliphatic carbocycles. The quantitative estimate of drug-likeness (QED) is 0.283. The average Bonchev–Trinajstić information content (AvgIpc) is 2.92. The zero-order valence-corrected chi connectivity index (χ0v) is 26.7. The first-order valence-corrected chi connectivity index (χ1v) is 15.3. The molecule has 2 N–H and O–H groups in total. The lowest BCUT2D eigenvalue weighted by Gasteiger charge is -2.37. The Morgan fingerprint density at radius 2 is 1.62 bits per heavy atom. The summed E-state index contributed by atoms with van der Waals surface area (Å²) >= 11 is 0. The minimum Gasteiger partial charge on any atom is -0.497 e. The predicted molar refractivity (Wildman–Crippen MR) is 155 cm³/mol. The molecule has 14 heteroatoms. The normalized spacial score (nSPS) is 15.7. The van der Waals surface area contributed by atoms with Crippen molar-refractivity contribution in [2.24, 2.45) is 0 Å². The molecule has 0 radical (unpaired) electrons. The van der Waals surface area contributed by atoms with Crippen molar-refractivity contribution < 1.29 is 42.2 Å². The summed E-state index contributed by atoms with van der Waals surface area (Å²) in [5.41, 5.74) is 0.196. The molecule has 1 heterocycles. The fourth-order valence-corrected chi connectivity index (χ4v) is 5.94. The number of hydroxylamine groups is 1. The van der Waals surface area contributed by atoms with Crippen LogP contribution < -0.4 is 10.2 Å². The SMILES string of the molecule is COc1ccc(S(=O)(=O)N(CCC(=O)N2CCC(N(C)C(=O)OC(C)(C)C)CC2)C(COC(C)(C)C)C(=O)NO)cc1. The van der Waals surface area contributed by atoms with Crippen LogP contribution in [-0.4, -0.2) is 109 Å². The number of amides is 3. The maximum atomic E-state index is 13.8. The van der Waals surface area contributed by atoms with E-state index in [1.54, 1.807) is 58.4 Å². The van der Waals surface area contributed by atoms with E-state index in [1.165, 1.54) is 36.9 Å². The fraction of sp³-hybridized carbons (Fsp3) is 0.679. The number of methoxy groups -OCH3 is 1. The number of hydrogen-bond donors (Lipinski definition) is 2. The molecule has 0 bridgehead atoms. The number of piperidine rings is 1. The number of benzene rings is 1. The summed E-state index contributed by atoms with van der Waals surface area (Å²) in [5.74, 6) is -0.852. The monoisotopic (exact) mass is 614 g/mol. The van der Waals surface area contributed by atoms with Crippen molar-refractivity contribution in [3.63, 3.8) is 0 Å². The molecule has 1 aromatic rings. The number of sulfonamides is 1. The molecule has 1 aliphatic heterocycles. The van der Waals surface area contributed by atoms with Crippen molar-refractivity contribution in [3.05, 3.63) is 24.3 Å². The second kappa shape index (κ2) is 14.5. The Morgan fingerprint density at radius 3 is 2.10 bits per heavy atom. The average molecular weight is 615 g/mol. The molecule has 1 saturated heterocycles. The summed E-state index contributed by atoms with van der Waals surface area (Å²) in [7, 11) is -1.20. The van der Waals surface area contributed by atoms with Gasteiger partial charge in [-0.1, -0.05) is 0 Å². The molecule has 1 unspecified atom stereocenters. The number of rotatable bonds is 11. The summed E-state index contributed by atoms with van der Waals surface area (Å²) < 4.78 is 44.7. The highest BCUT2D eigenvalue weighted by molar-refractivity contribution is 7.89. The largest absolute Gasteiger partial charge is 0.497 e. The zero-order valence-electron chi connectivity index (χ0n) is 25.9. The van der Waals surface area contributed by atoms with Gasteiger partial charge in [0.1, 0.15) is 17.4 Å². The van der Waals surface area contributed by atoms with E-state index in [9.17, 15) is 28.0 Å². The van der Waals surface area contributed by atoms with E-state index < -0.39 is 39.3 Å². The van der Waals surface area contributed by atoms with Crippen molar-refractivity contribution in [1.82, 2.24) is 19.6 Å². The van der Waals surface area contributed by atoms with Gasteiger partial charge in [-0.3, -0.25) is 14.8 Å². The van der Waals surface area contributed by atoms with Gasteiger partial charge in [-0.2, -0.15) is 4.31 Å². The Morgan fingerprint density at radius 1 is 1.05 bits per heavy atom. The van der Waals surface area contributed by atoms with Gasteiger partial charge in [-0.15, -0.1) is 0 Å². The van der Waals surface area contributed by atoms with Crippen LogP contribution in [0.3, 0.4) is 0 Å². The third-order valence-electron chi connectivity index (χ3n) is 6.69. The lowest BCUT2D eigenvalue weighted by Crippen LogP contribution is -2.53. The minimum atomic E-state index is -4.32. The van der Waals surface area contributed by atoms with E-state index in [2.05, 4.69) is 0 Å².